The summed E-state index contributed by atoms with van der Waals surface area (Å²) < 4.78 is 0. The van der Waals surface area contributed by atoms with Crippen molar-refractivity contribution in [2.24, 2.45) is 35.3 Å². The van der Waals surface area contributed by atoms with Gasteiger partial charge in [-0.05, 0) is 76.1 Å². The first-order valence-electron chi connectivity index (χ1n) is 13.3. The number of nitrogens with two attached hydrogens (primary N) is 1. The van der Waals surface area contributed by atoms with Crippen LogP contribution >= 0.6 is 0 Å². The van der Waals surface area contributed by atoms with Gasteiger partial charge in [-0.3, -0.25) is 28.9 Å². The van der Waals surface area contributed by atoms with E-state index in [1.54, 1.807) is 26.2 Å². The van der Waals surface area contributed by atoms with Gasteiger partial charge in [-0.1, -0.05) is 13.0 Å². The number of aliphatic hydroxyl groups is 1. The average molecular weight is 526 g/mol. The Morgan fingerprint density at radius 1 is 1.08 bits per heavy atom. The second-order valence-corrected chi connectivity index (χ2v) is 11.9. The van der Waals surface area contributed by atoms with Crippen LogP contribution in [0, 0.1) is 29.6 Å². The molecule has 1 amide bonds. The van der Waals surface area contributed by atoms with E-state index in [0.29, 0.717) is 17.2 Å². The minimum Gasteiger partial charge on any atom is -0.505 e. The zero-order valence-electron chi connectivity index (χ0n) is 21.9. The van der Waals surface area contributed by atoms with Crippen molar-refractivity contribution in [1.82, 2.24) is 4.90 Å². The number of likely N-dealkylation sites (N-methyl/N-ethyl adjacent to an activating group) is 1. The van der Waals surface area contributed by atoms with Crippen LogP contribution in [-0.2, 0) is 25.6 Å². The maximum Gasteiger partial charge on any atom is 0.235 e. The molecule has 0 radical (unpaired) electrons. The number of primary amides is 1. The van der Waals surface area contributed by atoms with Gasteiger partial charge in [0.05, 0.1) is 23.2 Å². The van der Waals surface area contributed by atoms with Gasteiger partial charge in [-0.2, -0.15) is 0 Å². The zero-order chi connectivity index (χ0) is 27.7. The van der Waals surface area contributed by atoms with Crippen molar-refractivity contribution in [3.05, 3.63) is 23.3 Å². The first kappa shape index (κ1) is 26.5. The molecule has 10 heteroatoms. The molecule has 3 saturated carbocycles. The number of nitrogens with zero attached hydrogens (tertiary/aromatic N) is 1. The summed E-state index contributed by atoms with van der Waals surface area (Å²) in [6, 6.07) is 2.57. The predicted octanol–water partition coefficient (Wildman–Crippen LogP) is 0.858. The van der Waals surface area contributed by atoms with E-state index in [-0.39, 0.29) is 30.2 Å². The van der Waals surface area contributed by atoms with Gasteiger partial charge >= 0.3 is 0 Å². The van der Waals surface area contributed by atoms with Crippen LogP contribution in [0.4, 0.5) is 5.69 Å². The molecule has 1 aromatic rings. The number of nitrogens with one attached hydrogen (secondary N) is 1. The van der Waals surface area contributed by atoms with Crippen LogP contribution in [0.25, 0.3) is 0 Å². The second kappa shape index (κ2) is 9.27. The number of benzene rings is 1. The van der Waals surface area contributed by atoms with E-state index in [0.717, 1.165) is 25.7 Å². The smallest absolute Gasteiger partial charge is 0.235 e. The first-order valence-corrected chi connectivity index (χ1v) is 13.3. The number of carbonyl (C=O) groups is 5. The number of Topliss-reactive ketones (excluding diaryl/α,β-unsaturated/α-hetero) is 4. The zero-order valence-corrected chi connectivity index (χ0v) is 21.9. The van der Waals surface area contributed by atoms with Crippen molar-refractivity contribution in [3.63, 3.8) is 0 Å². The normalized spacial score (nSPS) is 36.9. The second-order valence-electron chi connectivity index (χ2n) is 11.9. The number of ketones is 4. The van der Waals surface area contributed by atoms with Crippen molar-refractivity contribution < 1.29 is 34.2 Å². The Morgan fingerprint density at radius 2 is 1.74 bits per heavy atom. The van der Waals surface area contributed by atoms with Gasteiger partial charge in [0.25, 0.3) is 0 Å². The largest absolute Gasteiger partial charge is 0.505 e. The lowest BCUT2D eigenvalue weighted by molar-refractivity contribution is -0.181. The molecule has 6 atom stereocenters. The highest BCUT2D eigenvalue weighted by atomic mass is 16.3. The number of fused-ring (bicyclic) bond motifs is 3. The highest BCUT2D eigenvalue weighted by molar-refractivity contribution is 6.32. The summed E-state index contributed by atoms with van der Waals surface area (Å²) in [6.45, 7) is 2.21. The summed E-state index contributed by atoms with van der Waals surface area (Å²) in [5, 5.41) is 26.1. The predicted molar refractivity (Wildman–Crippen MR) is 136 cm³/mol. The number of hydrogen-bond acceptors (Lipinski definition) is 9. The van der Waals surface area contributed by atoms with Crippen LogP contribution in [0.5, 0.6) is 5.75 Å². The van der Waals surface area contributed by atoms with Gasteiger partial charge in [0.1, 0.15) is 5.75 Å². The van der Waals surface area contributed by atoms with E-state index in [1.807, 2.05) is 0 Å². The number of amides is 1. The minimum atomic E-state index is -2.71. The number of anilines is 1. The summed E-state index contributed by atoms with van der Waals surface area (Å²) in [4.78, 5) is 67.6. The Labute approximate surface area is 220 Å². The molecule has 0 heterocycles. The van der Waals surface area contributed by atoms with Gasteiger partial charge in [0, 0.05) is 12.0 Å². The summed E-state index contributed by atoms with van der Waals surface area (Å²) in [7, 11) is 3.13. The lowest BCUT2D eigenvalue weighted by Gasteiger charge is -2.52. The van der Waals surface area contributed by atoms with Crippen LogP contribution in [0.1, 0.15) is 54.9 Å². The maximum atomic E-state index is 13.9. The Balaban J connectivity index is 1.52. The molecule has 1 aromatic carbocycles. The third-order valence-corrected chi connectivity index (χ3v) is 9.31. The fraction of sp³-hybridized carbons (Fsp3) is 0.607. The van der Waals surface area contributed by atoms with Crippen molar-refractivity contribution >= 4 is 34.7 Å². The number of phenols is 1. The molecule has 204 valence electrons. The highest BCUT2D eigenvalue weighted by Gasteiger charge is 2.69. The molecule has 0 aliphatic heterocycles. The number of rotatable bonds is 4. The number of carbonyl (C=O) groups excluding carboxylic acids is 5. The number of hydrogen-bond donors (Lipinski definition) is 4. The molecule has 4 aliphatic carbocycles. The Kier molecular flexibility index (Phi) is 6.46. The Bertz CT molecular complexity index is 1240. The standard InChI is InChI=1S/C28H35N3O7/c1-12-4-7-15(8-5-12)30-17-9-6-13-10-14-11-16-21(31(2)3)24(34)20(27(29)37)26(36)28(16,38)25(35)19(14)23(33)18(13)22(17)32/h6,9,12,14-16,19-21,30,32,38H,4-5,7-8,10-11H2,1-3H3,(H2,29,37)/t12?,14-,15?,16-,19?,20?,21-,28-/m0/s1. The van der Waals surface area contributed by atoms with E-state index in [2.05, 4.69) is 12.2 Å². The highest BCUT2D eigenvalue weighted by Crippen LogP contribution is 2.51. The topological polar surface area (TPSA) is 167 Å². The molecule has 5 N–H and O–H groups in total. The fourth-order valence-electron chi connectivity index (χ4n) is 7.32. The molecule has 0 spiro atoms. The quantitative estimate of drug-likeness (QED) is 0.329. The van der Waals surface area contributed by atoms with E-state index in [1.165, 1.54) is 4.90 Å². The minimum absolute atomic E-state index is 0.0192. The molecule has 0 saturated heterocycles. The first-order chi connectivity index (χ1) is 17.9. The van der Waals surface area contributed by atoms with Gasteiger partial charge < -0.3 is 21.3 Å². The van der Waals surface area contributed by atoms with Gasteiger partial charge in [-0.25, -0.2) is 0 Å². The molecule has 10 nitrogen and oxygen atoms in total. The van der Waals surface area contributed by atoms with E-state index in [9.17, 15) is 34.2 Å². The van der Waals surface area contributed by atoms with E-state index >= 15 is 0 Å². The molecular weight excluding hydrogens is 490 g/mol. The summed E-state index contributed by atoms with van der Waals surface area (Å²) >= 11 is 0. The molecule has 5 rings (SSSR count). The maximum absolute atomic E-state index is 13.9. The van der Waals surface area contributed by atoms with Crippen LogP contribution in [0.3, 0.4) is 0 Å². The lowest BCUT2D eigenvalue weighted by Crippen LogP contribution is -2.74. The van der Waals surface area contributed by atoms with Crippen LogP contribution in [0.2, 0.25) is 0 Å². The third-order valence-electron chi connectivity index (χ3n) is 9.31. The average Bonchev–Trinajstić information content (AvgIpc) is 2.84. The number of aromatic hydroxyl groups is 1. The van der Waals surface area contributed by atoms with Crippen molar-refractivity contribution in [2.45, 2.75) is 63.1 Å². The molecule has 2 unspecified atom stereocenters. The summed E-state index contributed by atoms with van der Waals surface area (Å²) in [5.74, 6) is -9.57. The van der Waals surface area contributed by atoms with Gasteiger partial charge in [0.15, 0.2) is 34.7 Å². The molecule has 0 aromatic heterocycles. The Morgan fingerprint density at radius 3 is 2.34 bits per heavy atom. The number of phenolic OH excluding ortho intramolecular Hbond substituents is 1. The molecule has 3 fully saturated rings. The lowest BCUT2D eigenvalue weighted by atomic mass is 9.52. The van der Waals surface area contributed by atoms with E-state index in [4.69, 9.17) is 5.73 Å². The summed E-state index contributed by atoms with van der Waals surface area (Å²) in [5.41, 5.74) is 3.66. The van der Waals surface area contributed by atoms with Gasteiger partial charge in [0.2, 0.25) is 5.91 Å². The van der Waals surface area contributed by atoms with Gasteiger partial charge in [-0.15, -0.1) is 0 Å². The van der Waals surface area contributed by atoms with Crippen molar-refractivity contribution in [1.29, 1.82) is 0 Å². The molecular formula is C28H35N3O7. The molecule has 4 aliphatic rings. The molecule has 38 heavy (non-hydrogen) atoms. The van der Waals surface area contributed by atoms with Crippen molar-refractivity contribution in [2.75, 3.05) is 19.4 Å². The monoisotopic (exact) mass is 525 g/mol. The van der Waals surface area contributed by atoms with Crippen molar-refractivity contribution in [3.8, 4) is 5.75 Å². The third kappa shape index (κ3) is 3.79. The van der Waals surface area contributed by atoms with Crippen LogP contribution < -0.4 is 11.1 Å². The summed E-state index contributed by atoms with van der Waals surface area (Å²) in [6.07, 6.45) is 4.33. The van der Waals surface area contributed by atoms with E-state index < -0.39 is 64.4 Å². The Hall–Kier alpha value is -3.11. The molecule has 0 bridgehead atoms. The van der Waals surface area contributed by atoms with Crippen LogP contribution in [0.15, 0.2) is 12.1 Å². The SMILES string of the molecule is CC1CCC(Nc2ccc3c(c2O)C(=O)C2C(=O)[C@]4(O)C(=O)C(C(N)=O)C(=O)[C@@H](N(C)C)[C@@H]4C[C@@H]2C3)CC1. The van der Waals surface area contributed by atoms with Crippen LogP contribution in [-0.4, -0.2) is 75.9 Å². The fourth-order valence-corrected chi connectivity index (χ4v) is 7.32.